The number of carbonyl (C=O) groups excluding carboxylic acids is 1. The Morgan fingerprint density at radius 3 is 2.11 bits per heavy atom. The van der Waals surface area contributed by atoms with Crippen molar-refractivity contribution in [3.63, 3.8) is 0 Å². The molecule has 0 unspecified atom stereocenters. The number of nitrogens with zero attached hydrogens (tertiary/aromatic N) is 4. The summed E-state index contributed by atoms with van der Waals surface area (Å²) in [5.74, 6) is -0.501. The summed E-state index contributed by atoms with van der Waals surface area (Å²) in [5.41, 5.74) is 3.26. The highest BCUT2D eigenvalue weighted by Crippen LogP contribution is 2.34. The van der Waals surface area contributed by atoms with Gasteiger partial charge in [-0.05, 0) is 13.3 Å². The van der Waals surface area contributed by atoms with Crippen molar-refractivity contribution in [2.75, 3.05) is 13.0 Å². The molecule has 216 valence electrons. The largest absolute Gasteiger partial charge is 0.364 e. The molecule has 0 aromatic carbocycles. The van der Waals surface area contributed by atoms with E-state index in [1.165, 1.54) is 89.7 Å². The zero-order valence-corrected chi connectivity index (χ0v) is 23.9. The van der Waals surface area contributed by atoms with Crippen LogP contribution in [0.5, 0.6) is 0 Å². The SMILES string of the molecule is CCCCCCCCCCCCCCCCONC(=O)c1ncnc2c1ncn2C[C@@H](C)OCP(=O)(O)O. The van der Waals surface area contributed by atoms with Crippen molar-refractivity contribution in [3.8, 4) is 0 Å². The van der Waals surface area contributed by atoms with E-state index in [9.17, 15) is 9.36 Å². The Kier molecular flexibility index (Phi) is 15.6. The summed E-state index contributed by atoms with van der Waals surface area (Å²) in [6.07, 6.45) is 19.5. The summed E-state index contributed by atoms with van der Waals surface area (Å²) in [7, 11) is -4.25. The van der Waals surface area contributed by atoms with Gasteiger partial charge in [-0.1, -0.05) is 90.4 Å². The van der Waals surface area contributed by atoms with Crippen molar-refractivity contribution in [2.45, 2.75) is 116 Å². The van der Waals surface area contributed by atoms with E-state index in [1.54, 1.807) is 11.5 Å². The van der Waals surface area contributed by atoms with E-state index in [4.69, 9.17) is 19.4 Å². The average Bonchev–Trinajstić information content (AvgIpc) is 3.29. The molecule has 0 bridgehead atoms. The molecule has 0 saturated heterocycles. The molecule has 0 fully saturated rings. The minimum Gasteiger partial charge on any atom is -0.364 e. The fourth-order valence-electron chi connectivity index (χ4n) is 4.27. The monoisotopic (exact) mass is 555 g/mol. The van der Waals surface area contributed by atoms with E-state index < -0.39 is 26.0 Å². The fraction of sp³-hybridized carbons (Fsp3) is 0.769. The molecule has 0 saturated carbocycles. The van der Waals surface area contributed by atoms with Gasteiger partial charge in [0.05, 0.1) is 25.6 Å². The van der Waals surface area contributed by atoms with E-state index in [0.29, 0.717) is 17.8 Å². The van der Waals surface area contributed by atoms with Gasteiger partial charge in [0.2, 0.25) is 0 Å². The van der Waals surface area contributed by atoms with E-state index in [-0.39, 0.29) is 12.2 Å². The Hall–Kier alpha value is -1.91. The van der Waals surface area contributed by atoms with Gasteiger partial charge < -0.3 is 19.1 Å². The lowest BCUT2D eigenvalue weighted by atomic mass is 10.0. The number of nitrogens with one attached hydrogen (secondary N) is 1. The third-order valence-corrected chi connectivity index (χ3v) is 6.85. The van der Waals surface area contributed by atoms with Crippen LogP contribution in [0.3, 0.4) is 0 Å². The fourth-order valence-corrected chi connectivity index (χ4v) is 4.72. The van der Waals surface area contributed by atoms with Gasteiger partial charge in [-0.15, -0.1) is 0 Å². The van der Waals surface area contributed by atoms with Crippen LogP contribution >= 0.6 is 7.60 Å². The van der Waals surface area contributed by atoms with Crippen LogP contribution < -0.4 is 5.48 Å². The van der Waals surface area contributed by atoms with Gasteiger partial charge in [-0.3, -0.25) is 14.2 Å². The third-order valence-electron chi connectivity index (χ3n) is 6.36. The number of carbonyl (C=O) groups is 1. The van der Waals surface area contributed by atoms with Crippen molar-refractivity contribution in [2.24, 2.45) is 0 Å². The Morgan fingerprint density at radius 1 is 0.947 bits per heavy atom. The lowest BCUT2D eigenvalue weighted by molar-refractivity contribution is 0.0294. The number of rotatable bonds is 22. The summed E-state index contributed by atoms with van der Waals surface area (Å²) in [4.78, 5) is 48.3. The second-order valence-electron chi connectivity index (χ2n) is 9.94. The molecule has 38 heavy (non-hydrogen) atoms. The van der Waals surface area contributed by atoms with Crippen molar-refractivity contribution in [1.82, 2.24) is 25.0 Å². The second-order valence-corrected chi connectivity index (χ2v) is 11.5. The van der Waals surface area contributed by atoms with Gasteiger partial charge in [-0.2, -0.15) is 0 Å². The summed E-state index contributed by atoms with van der Waals surface area (Å²) in [6, 6.07) is 0. The maximum absolute atomic E-state index is 12.6. The number of amides is 1. The number of hydrogen-bond donors (Lipinski definition) is 3. The second kappa shape index (κ2) is 18.4. The average molecular weight is 556 g/mol. The maximum Gasteiger partial charge on any atom is 0.350 e. The minimum atomic E-state index is -4.25. The van der Waals surface area contributed by atoms with Crippen LogP contribution in [0.15, 0.2) is 12.7 Å². The number of fused-ring (bicyclic) bond motifs is 1. The predicted octanol–water partition coefficient (Wildman–Crippen LogP) is 5.51. The van der Waals surface area contributed by atoms with Gasteiger partial charge in [0, 0.05) is 0 Å². The van der Waals surface area contributed by atoms with Crippen LogP contribution in [0, 0.1) is 0 Å². The quantitative estimate of drug-likeness (QED) is 0.0971. The molecule has 2 heterocycles. The van der Waals surface area contributed by atoms with Gasteiger partial charge in [0.1, 0.15) is 18.2 Å². The van der Waals surface area contributed by atoms with Crippen LogP contribution in [-0.2, 0) is 20.7 Å². The molecular formula is C26H46N5O6P. The zero-order chi connectivity index (χ0) is 27.6. The van der Waals surface area contributed by atoms with Crippen LogP contribution in [0.4, 0.5) is 0 Å². The molecule has 2 rings (SSSR count). The number of ether oxygens (including phenoxy) is 1. The molecule has 2 aromatic rings. The Bertz CT molecular complexity index is 982. The van der Waals surface area contributed by atoms with Crippen LogP contribution in [0.2, 0.25) is 0 Å². The first-order chi connectivity index (χ1) is 18.3. The summed E-state index contributed by atoms with van der Waals surface area (Å²) in [5, 5.41) is 0. The lowest BCUT2D eigenvalue weighted by Gasteiger charge is -2.14. The molecule has 0 spiro atoms. The number of imidazole rings is 1. The summed E-state index contributed by atoms with van der Waals surface area (Å²) < 4.78 is 17.8. The highest BCUT2D eigenvalue weighted by atomic mass is 31.2. The zero-order valence-electron chi connectivity index (χ0n) is 23.0. The van der Waals surface area contributed by atoms with Crippen molar-refractivity contribution >= 4 is 24.7 Å². The van der Waals surface area contributed by atoms with Crippen molar-refractivity contribution in [1.29, 1.82) is 0 Å². The third kappa shape index (κ3) is 13.2. The molecule has 0 aliphatic heterocycles. The first kappa shape index (κ1) is 32.3. The standard InChI is InChI=1S/C26H46N5O6P/c1-3-4-5-6-7-8-9-10-11-12-13-14-15-16-17-37-30-26(32)24-23-25(28-19-27-24)31(20-29-23)18-22(2)36-21-38(33,34)35/h19-20,22H,3-18,21H2,1-2H3,(H,30,32)(H2,33,34,35)/t22-/m1/s1. The summed E-state index contributed by atoms with van der Waals surface area (Å²) in [6.45, 7) is 4.62. The number of unbranched alkanes of at least 4 members (excludes halogenated alkanes) is 13. The van der Waals surface area contributed by atoms with E-state index in [1.807, 2.05) is 0 Å². The minimum absolute atomic E-state index is 0.0958. The molecule has 11 nitrogen and oxygen atoms in total. The Balaban J connectivity index is 1.58. The maximum atomic E-state index is 12.6. The molecule has 0 aliphatic rings. The number of hydrogen-bond acceptors (Lipinski definition) is 7. The smallest absolute Gasteiger partial charge is 0.350 e. The summed E-state index contributed by atoms with van der Waals surface area (Å²) >= 11 is 0. The predicted molar refractivity (Wildman–Crippen MR) is 147 cm³/mol. The Morgan fingerprint density at radius 2 is 1.53 bits per heavy atom. The topological polar surface area (TPSA) is 149 Å². The molecule has 0 aliphatic carbocycles. The van der Waals surface area contributed by atoms with E-state index in [2.05, 4.69) is 27.4 Å². The van der Waals surface area contributed by atoms with Crippen LogP contribution in [0.1, 0.15) is 114 Å². The molecular weight excluding hydrogens is 509 g/mol. The van der Waals surface area contributed by atoms with Crippen LogP contribution in [0.25, 0.3) is 11.2 Å². The van der Waals surface area contributed by atoms with Gasteiger partial charge in [0.25, 0.3) is 5.91 Å². The lowest BCUT2D eigenvalue weighted by Crippen LogP contribution is -2.25. The highest BCUT2D eigenvalue weighted by molar-refractivity contribution is 7.51. The van der Waals surface area contributed by atoms with Crippen LogP contribution in [-0.4, -0.2) is 54.3 Å². The normalized spacial score (nSPS) is 12.7. The molecule has 1 amide bonds. The Labute approximate surface area is 226 Å². The molecule has 2 aromatic heterocycles. The van der Waals surface area contributed by atoms with Gasteiger partial charge in [0.15, 0.2) is 11.3 Å². The van der Waals surface area contributed by atoms with E-state index in [0.717, 1.165) is 12.8 Å². The highest BCUT2D eigenvalue weighted by Gasteiger charge is 2.19. The first-order valence-electron chi connectivity index (χ1n) is 14.1. The van der Waals surface area contributed by atoms with E-state index >= 15 is 0 Å². The molecule has 12 heteroatoms. The molecule has 0 radical (unpaired) electrons. The van der Waals surface area contributed by atoms with Gasteiger partial charge >= 0.3 is 7.60 Å². The van der Waals surface area contributed by atoms with Crippen molar-refractivity contribution < 1.29 is 28.7 Å². The molecule has 3 N–H and O–H groups in total. The molecule has 1 atom stereocenters. The van der Waals surface area contributed by atoms with Gasteiger partial charge in [-0.25, -0.2) is 20.4 Å². The number of hydroxylamine groups is 1. The number of aromatic nitrogens is 4. The first-order valence-corrected chi connectivity index (χ1v) is 15.9. The van der Waals surface area contributed by atoms with Crippen molar-refractivity contribution in [3.05, 3.63) is 18.3 Å².